The molecule has 1 saturated carbocycles. The average molecular weight is 349 g/mol. The van der Waals surface area contributed by atoms with Gasteiger partial charge in [-0.15, -0.1) is 0 Å². The minimum atomic E-state index is -0.624. The second-order valence-corrected chi connectivity index (χ2v) is 7.02. The van der Waals surface area contributed by atoms with Crippen molar-refractivity contribution in [3.8, 4) is 0 Å². The molecule has 1 spiro atoms. The van der Waals surface area contributed by atoms with Crippen LogP contribution in [0.4, 0.5) is 0 Å². The van der Waals surface area contributed by atoms with Gasteiger partial charge in [-0.2, -0.15) is 0 Å². The van der Waals surface area contributed by atoms with Crippen LogP contribution in [0.3, 0.4) is 0 Å². The first kappa shape index (κ1) is 16.8. The fraction of sp³-hybridized carbons (Fsp3) is 0.471. The van der Waals surface area contributed by atoms with E-state index < -0.39 is 6.04 Å². The lowest BCUT2D eigenvalue weighted by atomic mass is 9.86. The number of amides is 1. The Labute approximate surface area is 146 Å². The van der Waals surface area contributed by atoms with Gasteiger partial charge in [-0.05, 0) is 51.0 Å². The molecule has 24 heavy (non-hydrogen) atoms. The fourth-order valence-electron chi connectivity index (χ4n) is 3.11. The van der Waals surface area contributed by atoms with Gasteiger partial charge in [-0.1, -0.05) is 11.6 Å². The topological polar surface area (TPSA) is 91.8 Å². The van der Waals surface area contributed by atoms with Gasteiger partial charge in [0.05, 0.1) is 0 Å². The van der Waals surface area contributed by atoms with Crippen molar-refractivity contribution in [1.29, 1.82) is 5.41 Å². The first-order valence-electron chi connectivity index (χ1n) is 7.98. The lowest BCUT2D eigenvalue weighted by molar-refractivity contribution is -0.145. The van der Waals surface area contributed by atoms with Gasteiger partial charge in [-0.25, -0.2) is 4.99 Å². The molecule has 1 amide bonds. The molecule has 1 heterocycles. The van der Waals surface area contributed by atoms with E-state index in [1.807, 2.05) is 4.90 Å². The van der Waals surface area contributed by atoms with Crippen molar-refractivity contribution in [2.75, 3.05) is 6.54 Å². The number of hydrogen-bond donors (Lipinski definition) is 2. The highest BCUT2D eigenvalue weighted by atomic mass is 35.5. The molecule has 3 rings (SSSR count). The van der Waals surface area contributed by atoms with E-state index in [-0.39, 0.29) is 23.9 Å². The van der Waals surface area contributed by atoms with Crippen LogP contribution in [0, 0.1) is 10.8 Å². The minimum absolute atomic E-state index is 0.0513. The van der Waals surface area contributed by atoms with Gasteiger partial charge in [0.1, 0.15) is 6.04 Å². The lowest BCUT2D eigenvalue weighted by Crippen LogP contribution is -2.60. The smallest absolute Gasteiger partial charge is 0.289 e. The van der Waals surface area contributed by atoms with Crippen LogP contribution in [0.1, 0.15) is 32.3 Å². The van der Waals surface area contributed by atoms with E-state index in [9.17, 15) is 4.79 Å². The summed E-state index contributed by atoms with van der Waals surface area (Å²) in [5.41, 5.74) is 6.63. The molecule has 1 aliphatic heterocycles. The summed E-state index contributed by atoms with van der Waals surface area (Å²) in [5.74, 6) is -0.189. The number of nitrogens with zero attached hydrogens (tertiary/aromatic N) is 2. The molecule has 0 aromatic heterocycles. The molecule has 6 nitrogen and oxygen atoms in total. The predicted octanol–water partition coefficient (Wildman–Crippen LogP) is 2.40. The van der Waals surface area contributed by atoms with E-state index in [0.717, 1.165) is 6.54 Å². The van der Waals surface area contributed by atoms with E-state index in [1.54, 1.807) is 31.2 Å². The molecule has 7 heteroatoms. The summed E-state index contributed by atoms with van der Waals surface area (Å²) in [7, 11) is 0. The SMILES string of the molecule is CC1N(C(=O)[C@@H](C)N=C(N)OC(=N)c2ccc(Cl)cc2)CC12CC2. The van der Waals surface area contributed by atoms with Crippen molar-refractivity contribution in [1.82, 2.24) is 4.90 Å². The zero-order valence-corrected chi connectivity index (χ0v) is 14.5. The molecule has 1 unspecified atom stereocenters. The van der Waals surface area contributed by atoms with Crippen molar-refractivity contribution in [2.45, 2.75) is 38.8 Å². The molecule has 1 aromatic rings. The molecule has 0 bridgehead atoms. The van der Waals surface area contributed by atoms with Gasteiger partial charge in [0, 0.05) is 28.6 Å². The third-order valence-corrected chi connectivity index (χ3v) is 5.26. The van der Waals surface area contributed by atoms with E-state index in [2.05, 4.69) is 11.9 Å². The first-order chi connectivity index (χ1) is 11.3. The van der Waals surface area contributed by atoms with Crippen LogP contribution in [-0.2, 0) is 9.53 Å². The first-order valence-corrected chi connectivity index (χ1v) is 8.36. The summed E-state index contributed by atoms with van der Waals surface area (Å²) in [6.07, 6.45) is 2.41. The lowest BCUT2D eigenvalue weighted by Gasteiger charge is -2.48. The Balaban J connectivity index is 1.57. The number of halogens is 1. The Morgan fingerprint density at radius 3 is 2.62 bits per heavy atom. The molecule has 1 aromatic carbocycles. The maximum Gasteiger partial charge on any atom is 0.289 e. The predicted molar refractivity (Wildman–Crippen MR) is 93.3 cm³/mol. The van der Waals surface area contributed by atoms with Gasteiger partial charge < -0.3 is 15.4 Å². The summed E-state index contributed by atoms with van der Waals surface area (Å²) in [5, 5.41) is 8.46. The number of nitrogens with one attached hydrogen (secondary N) is 1. The number of carbonyl (C=O) groups excluding carboxylic acids is 1. The maximum atomic E-state index is 12.4. The Bertz CT molecular complexity index is 697. The average Bonchev–Trinajstić information content (AvgIpc) is 3.34. The van der Waals surface area contributed by atoms with Crippen LogP contribution in [0.25, 0.3) is 0 Å². The summed E-state index contributed by atoms with van der Waals surface area (Å²) >= 11 is 5.81. The minimum Gasteiger partial charge on any atom is -0.407 e. The van der Waals surface area contributed by atoms with Crippen LogP contribution in [0.2, 0.25) is 5.02 Å². The van der Waals surface area contributed by atoms with Gasteiger partial charge in [0.15, 0.2) is 0 Å². The Morgan fingerprint density at radius 1 is 1.46 bits per heavy atom. The molecule has 1 saturated heterocycles. The fourth-order valence-corrected chi connectivity index (χ4v) is 3.23. The van der Waals surface area contributed by atoms with E-state index >= 15 is 0 Å². The third kappa shape index (κ3) is 3.11. The molecular weight excluding hydrogens is 328 g/mol. The maximum absolute atomic E-state index is 12.4. The molecule has 2 aliphatic rings. The van der Waals surface area contributed by atoms with Crippen molar-refractivity contribution < 1.29 is 9.53 Å². The van der Waals surface area contributed by atoms with Crippen molar-refractivity contribution in [2.24, 2.45) is 16.1 Å². The molecule has 2 fully saturated rings. The molecule has 128 valence electrons. The van der Waals surface area contributed by atoms with Gasteiger partial charge in [0.25, 0.3) is 6.02 Å². The second-order valence-electron chi connectivity index (χ2n) is 6.59. The number of ether oxygens (including phenoxy) is 1. The van der Waals surface area contributed by atoms with E-state index in [0.29, 0.717) is 16.0 Å². The summed E-state index contributed by atoms with van der Waals surface area (Å²) in [6, 6.07) is 6.09. The van der Waals surface area contributed by atoms with Gasteiger partial charge in [0.2, 0.25) is 11.8 Å². The van der Waals surface area contributed by atoms with Crippen LogP contribution < -0.4 is 5.73 Å². The monoisotopic (exact) mass is 348 g/mol. The Morgan fingerprint density at radius 2 is 2.08 bits per heavy atom. The van der Waals surface area contributed by atoms with Crippen LogP contribution in [-0.4, -0.2) is 41.4 Å². The van der Waals surface area contributed by atoms with Crippen LogP contribution in [0.5, 0.6) is 0 Å². The summed E-state index contributed by atoms with van der Waals surface area (Å²) in [4.78, 5) is 18.3. The third-order valence-electron chi connectivity index (χ3n) is 5.01. The number of aliphatic imine (C=N–C) groups is 1. The van der Waals surface area contributed by atoms with Gasteiger partial charge >= 0.3 is 0 Å². The van der Waals surface area contributed by atoms with E-state index in [1.165, 1.54) is 12.8 Å². The number of hydrogen-bond acceptors (Lipinski definition) is 4. The molecular formula is C17H21ClN4O2. The zero-order valence-electron chi connectivity index (χ0n) is 13.8. The molecule has 1 aliphatic carbocycles. The number of nitrogens with two attached hydrogens (primary N) is 1. The quantitative estimate of drug-likeness (QED) is 0.649. The standard InChI is InChI=1S/C17H21ClN4O2/c1-10(15(23)22-9-17(7-8-17)11(22)2)21-16(20)24-14(19)12-3-5-13(18)6-4-12/h3-6,10-11,19H,7-9H2,1-2H3,(H2,20,21)/t10-,11?/m1/s1. The van der Waals surface area contributed by atoms with Gasteiger partial charge in [-0.3, -0.25) is 10.2 Å². The molecule has 2 atom stereocenters. The van der Waals surface area contributed by atoms with Crippen molar-refractivity contribution in [3.63, 3.8) is 0 Å². The number of amidine groups is 1. The largest absolute Gasteiger partial charge is 0.407 e. The Kier molecular flexibility index (Phi) is 4.25. The zero-order chi connectivity index (χ0) is 17.5. The Hall–Kier alpha value is -2.08. The molecule has 0 radical (unpaired) electrons. The number of rotatable bonds is 3. The van der Waals surface area contributed by atoms with Crippen LogP contribution in [0.15, 0.2) is 29.3 Å². The summed E-state index contributed by atoms with van der Waals surface area (Å²) in [6.45, 7) is 4.59. The summed E-state index contributed by atoms with van der Waals surface area (Å²) < 4.78 is 5.21. The van der Waals surface area contributed by atoms with Crippen LogP contribution >= 0.6 is 11.6 Å². The van der Waals surface area contributed by atoms with Crippen molar-refractivity contribution >= 4 is 29.4 Å². The number of likely N-dealkylation sites (tertiary alicyclic amines) is 1. The van der Waals surface area contributed by atoms with Crippen molar-refractivity contribution in [3.05, 3.63) is 34.9 Å². The van der Waals surface area contributed by atoms with E-state index in [4.69, 9.17) is 27.5 Å². The number of benzene rings is 1. The normalized spacial score (nSPS) is 22.7. The number of carbonyl (C=O) groups is 1. The second kappa shape index (κ2) is 6.09. The highest BCUT2D eigenvalue weighted by Gasteiger charge is 2.59. The highest BCUT2D eigenvalue weighted by Crippen LogP contribution is 2.57. The highest BCUT2D eigenvalue weighted by molar-refractivity contribution is 6.30. The molecule has 3 N–H and O–H groups in total.